The van der Waals surface area contributed by atoms with E-state index in [0.717, 1.165) is 0 Å². The van der Waals surface area contributed by atoms with Gasteiger partial charge in [0.15, 0.2) is 0 Å². The van der Waals surface area contributed by atoms with Crippen molar-refractivity contribution in [2.24, 2.45) is 0 Å². The third kappa shape index (κ3) is 1.24. The van der Waals surface area contributed by atoms with Gasteiger partial charge in [-0.2, -0.15) is 12.6 Å². The fourth-order valence-corrected chi connectivity index (χ4v) is 0.966. The third-order valence-corrected chi connectivity index (χ3v) is 1.62. The first-order chi connectivity index (χ1) is 4.75. The second-order valence-electron chi connectivity index (χ2n) is 1.98. The topological polar surface area (TPSA) is 26.0 Å². The Balaban J connectivity index is 3.14. The molecule has 0 aliphatic rings. The van der Waals surface area contributed by atoms with Crippen LogP contribution in [0.25, 0.3) is 0 Å². The van der Waals surface area contributed by atoms with Gasteiger partial charge in [0.25, 0.3) is 0 Å². The Hall–Kier alpha value is -0.700. The number of hydrogen-bond acceptors (Lipinski definition) is 2. The van der Waals surface area contributed by atoms with Crippen molar-refractivity contribution in [2.45, 2.75) is 5.75 Å². The van der Waals surface area contributed by atoms with Crippen molar-refractivity contribution in [1.29, 1.82) is 0 Å². The summed E-state index contributed by atoms with van der Waals surface area (Å²) < 4.78 is 12.8. The lowest BCUT2D eigenvalue weighted by molar-refractivity contribution is 0.622. The highest BCUT2D eigenvalue weighted by atomic mass is 32.1. The molecule has 0 aliphatic carbocycles. The predicted octanol–water partition coefficient (Wildman–Crippen LogP) is 1.84. The van der Waals surface area contributed by atoms with Gasteiger partial charge in [-0.25, -0.2) is 4.39 Å². The molecule has 54 valence electrons. The van der Waals surface area contributed by atoms with Crippen LogP contribution in [0.15, 0.2) is 18.2 Å². The molecule has 0 heterocycles. The summed E-state index contributed by atoms with van der Waals surface area (Å²) in [7, 11) is 0. The van der Waals surface area contributed by atoms with Crippen LogP contribution in [-0.4, -0.2) is 0 Å². The predicted molar refractivity (Wildman–Crippen MR) is 43.5 cm³/mol. The Bertz CT molecular complexity index is 237. The summed E-state index contributed by atoms with van der Waals surface area (Å²) in [6.07, 6.45) is 0. The van der Waals surface area contributed by atoms with Crippen molar-refractivity contribution < 1.29 is 4.39 Å². The van der Waals surface area contributed by atoms with Gasteiger partial charge in [0.1, 0.15) is 5.82 Å². The Morgan fingerprint density at radius 1 is 1.50 bits per heavy atom. The maximum atomic E-state index is 12.8. The number of anilines is 1. The van der Waals surface area contributed by atoms with Gasteiger partial charge >= 0.3 is 0 Å². The summed E-state index contributed by atoms with van der Waals surface area (Å²) in [5.74, 6) is 0.0363. The Labute approximate surface area is 64.5 Å². The number of nitrogens with two attached hydrogens (primary N) is 1. The van der Waals surface area contributed by atoms with Crippen molar-refractivity contribution in [3.8, 4) is 0 Å². The summed E-state index contributed by atoms with van der Waals surface area (Å²) in [6, 6.07) is 4.91. The van der Waals surface area contributed by atoms with Gasteiger partial charge in [-0.1, -0.05) is 12.1 Å². The van der Waals surface area contributed by atoms with Crippen LogP contribution < -0.4 is 5.73 Å². The maximum Gasteiger partial charge on any atom is 0.150 e. The van der Waals surface area contributed by atoms with Gasteiger partial charge in [0, 0.05) is 5.75 Å². The number of hydrogen-bond donors (Lipinski definition) is 2. The third-order valence-electron chi connectivity index (χ3n) is 1.28. The van der Waals surface area contributed by atoms with Gasteiger partial charge in [-0.15, -0.1) is 0 Å². The van der Waals surface area contributed by atoms with Crippen LogP contribution in [0, 0.1) is 5.82 Å². The maximum absolute atomic E-state index is 12.8. The number of benzene rings is 1. The molecule has 0 aliphatic heterocycles. The van der Waals surface area contributed by atoms with E-state index in [4.69, 9.17) is 5.73 Å². The molecule has 0 amide bonds. The van der Waals surface area contributed by atoms with Gasteiger partial charge in [0.05, 0.1) is 5.69 Å². The van der Waals surface area contributed by atoms with E-state index in [0.29, 0.717) is 11.3 Å². The van der Waals surface area contributed by atoms with Crippen LogP contribution in [-0.2, 0) is 5.75 Å². The summed E-state index contributed by atoms with van der Waals surface area (Å²) in [6.45, 7) is 0. The smallest absolute Gasteiger partial charge is 0.150 e. The first kappa shape index (κ1) is 7.41. The van der Waals surface area contributed by atoms with Crippen molar-refractivity contribution in [3.05, 3.63) is 29.6 Å². The molecule has 0 aromatic heterocycles. The molecule has 1 nitrogen and oxygen atoms in total. The SMILES string of the molecule is Nc1cccc(CS)c1F. The van der Waals surface area contributed by atoms with E-state index in [1.165, 1.54) is 6.07 Å². The first-order valence-corrected chi connectivity index (χ1v) is 3.52. The second kappa shape index (κ2) is 2.92. The molecular formula is C7H8FNS. The second-order valence-corrected chi connectivity index (χ2v) is 2.29. The van der Waals surface area contributed by atoms with Crippen LogP contribution in [0.3, 0.4) is 0 Å². The van der Waals surface area contributed by atoms with E-state index in [1.807, 2.05) is 0 Å². The Morgan fingerprint density at radius 3 is 2.70 bits per heavy atom. The number of rotatable bonds is 1. The van der Waals surface area contributed by atoms with Crippen molar-refractivity contribution in [2.75, 3.05) is 5.73 Å². The van der Waals surface area contributed by atoms with Gasteiger partial charge in [0.2, 0.25) is 0 Å². The van der Waals surface area contributed by atoms with E-state index >= 15 is 0 Å². The van der Waals surface area contributed by atoms with Gasteiger partial charge in [-0.05, 0) is 11.6 Å². The zero-order chi connectivity index (χ0) is 7.56. The Morgan fingerprint density at radius 2 is 2.20 bits per heavy atom. The molecule has 0 atom stereocenters. The summed E-state index contributed by atoms with van der Waals surface area (Å²) in [4.78, 5) is 0. The van der Waals surface area contributed by atoms with Crippen molar-refractivity contribution in [1.82, 2.24) is 0 Å². The van der Waals surface area contributed by atoms with Crippen molar-refractivity contribution in [3.63, 3.8) is 0 Å². The van der Waals surface area contributed by atoms with Gasteiger partial charge in [-0.3, -0.25) is 0 Å². The van der Waals surface area contributed by atoms with E-state index in [9.17, 15) is 4.39 Å². The largest absolute Gasteiger partial charge is 0.396 e. The monoisotopic (exact) mass is 157 g/mol. The molecule has 0 fully saturated rings. The number of nitrogen functional groups attached to an aromatic ring is 1. The van der Waals surface area contributed by atoms with E-state index < -0.39 is 0 Å². The van der Waals surface area contributed by atoms with E-state index in [1.54, 1.807) is 12.1 Å². The normalized spacial score (nSPS) is 9.80. The van der Waals surface area contributed by atoms with Crippen LogP contribution in [0.2, 0.25) is 0 Å². The number of thiol groups is 1. The first-order valence-electron chi connectivity index (χ1n) is 2.89. The van der Waals surface area contributed by atoms with Crippen LogP contribution in [0.1, 0.15) is 5.56 Å². The highest BCUT2D eigenvalue weighted by Crippen LogP contribution is 2.15. The molecule has 0 bridgehead atoms. The minimum atomic E-state index is -0.350. The minimum Gasteiger partial charge on any atom is -0.396 e. The van der Waals surface area contributed by atoms with Crippen molar-refractivity contribution >= 4 is 18.3 Å². The molecule has 3 heteroatoms. The zero-order valence-electron chi connectivity index (χ0n) is 5.34. The molecule has 1 rings (SSSR count). The standard InChI is InChI=1S/C7H8FNS/c8-7-5(4-10)2-1-3-6(7)9/h1-3,10H,4,9H2. The summed E-state index contributed by atoms with van der Waals surface area (Å²) >= 11 is 3.93. The minimum absolute atomic E-state index is 0.187. The van der Waals surface area contributed by atoms with E-state index in [2.05, 4.69) is 12.6 Å². The summed E-state index contributed by atoms with van der Waals surface area (Å²) in [5.41, 5.74) is 6.02. The quantitative estimate of drug-likeness (QED) is 0.472. The lowest BCUT2D eigenvalue weighted by Crippen LogP contribution is -1.93. The lowest BCUT2D eigenvalue weighted by Gasteiger charge is -1.99. The molecule has 0 saturated carbocycles. The molecule has 1 aromatic carbocycles. The average Bonchev–Trinajstić information content (AvgIpc) is 1.95. The van der Waals surface area contributed by atoms with Crippen LogP contribution in [0.5, 0.6) is 0 Å². The molecule has 1 aromatic rings. The summed E-state index contributed by atoms with van der Waals surface area (Å²) in [5, 5.41) is 0. The number of halogens is 1. The molecule has 0 unspecified atom stereocenters. The fourth-order valence-electron chi connectivity index (χ4n) is 0.722. The molecule has 10 heavy (non-hydrogen) atoms. The molecular weight excluding hydrogens is 149 g/mol. The van der Waals surface area contributed by atoms with Crippen LogP contribution in [0.4, 0.5) is 10.1 Å². The average molecular weight is 157 g/mol. The highest BCUT2D eigenvalue weighted by molar-refractivity contribution is 7.79. The lowest BCUT2D eigenvalue weighted by atomic mass is 10.2. The molecule has 0 radical (unpaired) electrons. The van der Waals surface area contributed by atoms with Crippen LogP contribution >= 0.6 is 12.6 Å². The Kier molecular flexibility index (Phi) is 2.17. The molecule has 0 saturated heterocycles. The van der Waals surface area contributed by atoms with Gasteiger partial charge < -0.3 is 5.73 Å². The highest BCUT2D eigenvalue weighted by Gasteiger charge is 2.01. The van der Waals surface area contributed by atoms with E-state index in [-0.39, 0.29) is 11.5 Å². The zero-order valence-corrected chi connectivity index (χ0v) is 6.24. The fraction of sp³-hybridized carbons (Fsp3) is 0.143. The molecule has 0 spiro atoms. The molecule has 2 N–H and O–H groups in total.